The van der Waals surface area contributed by atoms with E-state index < -0.39 is 217 Å². The summed E-state index contributed by atoms with van der Waals surface area (Å²) in [6.45, 7) is 35.8. The largest absolute Gasteiger partial charge is 0.457 e. The van der Waals surface area contributed by atoms with Crippen LogP contribution in [-0.4, -0.2) is 295 Å². The van der Waals surface area contributed by atoms with Crippen molar-refractivity contribution in [1.82, 2.24) is 9.80 Å². The Balaban J connectivity index is 0.000000198. The van der Waals surface area contributed by atoms with Crippen molar-refractivity contribution in [1.29, 1.82) is 0 Å². The van der Waals surface area contributed by atoms with E-state index in [4.69, 9.17) is 90.4 Å². The van der Waals surface area contributed by atoms with E-state index in [1.807, 2.05) is 69.2 Å². The zero-order valence-corrected chi connectivity index (χ0v) is 73.3. The smallest absolute Gasteiger partial charge is 0.305 e. The number of esters is 3. The number of alkyl halides is 8. The Morgan fingerprint density at radius 1 is 0.415 bits per heavy atom. The Morgan fingerprint density at radius 3 is 1.09 bits per heavy atom. The third-order valence-corrected chi connectivity index (χ3v) is 25.1. The van der Waals surface area contributed by atoms with Crippen LogP contribution in [0.25, 0.3) is 0 Å². The zero-order chi connectivity index (χ0) is 93.2. The van der Waals surface area contributed by atoms with Crippen LogP contribution in [0, 0.1) is 35.5 Å². The number of amides is 2. The lowest BCUT2D eigenvalue weighted by Gasteiger charge is -2.33. The lowest BCUT2D eigenvalue weighted by atomic mass is 9.85. The first-order valence-corrected chi connectivity index (χ1v) is 41.1. The van der Waals surface area contributed by atoms with Crippen LogP contribution in [-0.2, 0) is 124 Å². The van der Waals surface area contributed by atoms with Gasteiger partial charge in [0, 0.05) is 68.7 Å². The highest BCUT2D eigenvalue weighted by Crippen LogP contribution is 2.54. The van der Waals surface area contributed by atoms with Crippen LogP contribution in [0.3, 0.4) is 0 Å². The molecule has 0 unspecified atom stereocenters. The fraction of sp³-hybridized carbons (Fsp3) is 0.852. The average molecular weight is 1790 g/mol. The molecule has 6 N–H and O–H groups in total. The van der Waals surface area contributed by atoms with E-state index in [0.717, 1.165) is 55.6 Å². The summed E-state index contributed by atoms with van der Waals surface area (Å²) in [6.07, 6.45) is -18.0. The highest BCUT2D eigenvalue weighted by Gasteiger charge is 2.68. The summed E-state index contributed by atoms with van der Waals surface area (Å²) in [5, 5.41) is 56.5. The van der Waals surface area contributed by atoms with Gasteiger partial charge in [-0.15, -0.1) is 0 Å². The Morgan fingerprint density at radius 2 is 0.756 bits per heavy atom. The molecule has 11 fully saturated rings. The number of hydrogen-bond donors (Lipinski definition) is 6. The first-order valence-electron chi connectivity index (χ1n) is 41.1. The predicted octanol–water partition coefficient (Wildman–Crippen LogP) is 7.05. The monoisotopic (exact) mass is 1790 g/mol. The van der Waals surface area contributed by atoms with Gasteiger partial charge in [0.15, 0.2) is 96.4 Å². The number of hydrogen-bond acceptors (Lipinski definition) is 32. The number of carbonyl (C=O) groups is 8. The minimum Gasteiger partial charge on any atom is -0.457 e. The third-order valence-electron chi connectivity index (χ3n) is 25.1. The number of aldehydes is 1. The number of nitrogens with zero attached hydrogens (tertiary/aromatic N) is 2. The maximum absolute atomic E-state index is 13.6. The van der Waals surface area contributed by atoms with Crippen molar-refractivity contribution in [3.8, 4) is 0 Å². The maximum atomic E-state index is 13.6. The molecule has 13 aliphatic heterocycles. The Bertz CT molecular complexity index is 3660. The topological polar surface area (TPSA) is 431 Å². The second kappa shape index (κ2) is 40.2. The van der Waals surface area contributed by atoms with Gasteiger partial charge < -0.3 is 121 Å². The van der Waals surface area contributed by atoms with Gasteiger partial charge in [0.25, 0.3) is 25.7 Å². The molecule has 2 amide bonds. The molecule has 27 atom stereocenters. The van der Waals surface area contributed by atoms with E-state index in [1.165, 1.54) is 26.1 Å². The normalized spacial score (nSPS) is 40.8. The predicted molar refractivity (Wildman–Crippen MR) is 404 cm³/mol. The Labute approximate surface area is 708 Å². The number of ether oxygens (including phenoxy) is 18. The van der Waals surface area contributed by atoms with Crippen LogP contribution in [0.4, 0.5) is 35.1 Å². The third kappa shape index (κ3) is 21.3. The molecule has 13 aliphatic rings. The second-order valence-electron chi connectivity index (χ2n) is 34.4. The Kier molecular flexibility index (Phi) is 34.2. The molecule has 42 heteroatoms. The number of aliphatic hydroxyl groups excluding tert-OH is 6. The number of carbonyl (C=O) groups excluding carboxylic acids is 8. The molecule has 13 heterocycles. The SMILES string of the molecule is CC[C@@]1(C(F)F)O[C@@H](N2C=CC(=O)CC2=O)[C@@H](OC(C)=O)[C@@H]1C.CC[C@@]1(C(F)F)O[C@@H]2OC(C)(C)O[C@@H]2[C@@H]1C.CC[C@@]1(C(F)F)O[C@H](OC(C)=O)[C@H](OC(C)=O)[C@@H]1C.CC[C@@]1(C=O)O[C@@H]2OC(C)(C)O[C@@H]2[C@@H]1C.CC[C@@]1(CO)O[C@@H]2OC(C)(C)O[C@@H]2[C@@H]1C.C[C@H]1[C@H]2OC(C)(C)O[C@H]2OC1(CO)CO.O=C1C=CN([C@@H]2O[C@@](CO)(C(F)F)[C@@H](O)[C@@H]2O)C(=O)C1. The van der Waals surface area contributed by atoms with Crippen LogP contribution < -0.4 is 0 Å². The molecule has 0 aromatic rings. The van der Waals surface area contributed by atoms with E-state index in [1.54, 1.807) is 41.5 Å². The minimum absolute atomic E-state index is 0.00915. The molecule has 13 rings (SSSR count). The molecular weight excluding hydrogens is 1660 g/mol. The molecule has 34 nitrogen and oxygen atoms in total. The van der Waals surface area contributed by atoms with Crippen molar-refractivity contribution in [3.05, 3.63) is 24.6 Å². The van der Waals surface area contributed by atoms with Gasteiger partial charge in [0.1, 0.15) is 64.6 Å². The number of ketones is 2. The van der Waals surface area contributed by atoms with Crippen LogP contribution in [0.15, 0.2) is 24.6 Å². The second-order valence-corrected chi connectivity index (χ2v) is 34.4. The quantitative estimate of drug-likeness (QED) is 0.0248. The van der Waals surface area contributed by atoms with Crippen molar-refractivity contribution in [2.75, 3.05) is 26.4 Å². The zero-order valence-electron chi connectivity index (χ0n) is 73.3. The van der Waals surface area contributed by atoms with Crippen molar-refractivity contribution in [3.63, 3.8) is 0 Å². The van der Waals surface area contributed by atoms with Crippen LogP contribution in [0.1, 0.15) is 197 Å². The summed E-state index contributed by atoms with van der Waals surface area (Å²) in [7, 11) is 0. The summed E-state index contributed by atoms with van der Waals surface area (Å²) in [4.78, 5) is 92.3. The summed E-state index contributed by atoms with van der Waals surface area (Å²) < 4.78 is 204. The first-order chi connectivity index (χ1) is 56.9. The van der Waals surface area contributed by atoms with Crippen LogP contribution in [0.5, 0.6) is 0 Å². The molecule has 0 aromatic heterocycles. The van der Waals surface area contributed by atoms with Gasteiger partial charge in [-0.05, 0) is 99.6 Å². The van der Waals surface area contributed by atoms with Gasteiger partial charge in [0.05, 0.1) is 44.9 Å². The highest BCUT2D eigenvalue weighted by atomic mass is 19.3. The molecule has 123 heavy (non-hydrogen) atoms. The lowest BCUT2D eigenvalue weighted by Crippen LogP contribution is -2.52. The summed E-state index contributed by atoms with van der Waals surface area (Å²) >= 11 is 0. The summed E-state index contributed by atoms with van der Waals surface area (Å²) in [5.74, 6) is -8.61. The van der Waals surface area contributed by atoms with E-state index in [0.29, 0.717) is 6.42 Å². The number of aliphatic hydroxyl groups is 6. The summed E-state index contributed by atoms with van der Waals surface area (Å²) in [6, 6.07) is 0. The standard InChI is InChI=1S/C15H19F2NO5.C12H18F2O5.C11H13F2NO6.C11H18F2O3.C11H20O4.C11H18O4.C10H18O5/c1-4-15(14(16)17)8(2)12(22-9(3)19)13(23-15)18-6-5-10(20)7-11(18)21;1-5-12(11(13)14)6(2)9(17-7(3)15)10(19-12)18-8(4)16;12-10(13)11(4-15)8(19)7(18)9(20-11)14-2-1-5(16)3-6(14)17;1-5-11(9(12)13)6(2)7-8(16-11)15-10(3,4)14-7;2*1-5-11(6-12)7(2)8-9(15-11)14-10(3,4)13-8;1-6-7-8(14-9(2,3)13-7)15-10(6,4-11)5-12/h5-6,8,12-14H,4,7H2,1-3H3;6,9-11H,5H2,1-4H3;1-2,7-10,15,18-19H,3-4H2;6-9H,5H2,1-4H3;7-9,12H,5-6H2,1-4H3;6-9H,5H2,1-4H3;6-8,11-12H,4-5H2,1-3H3/t8-,12-,13+,15+;6-,9+,10-,12+;7-,8-,9+,11+;6-,7+,8-,11+;2*7-,8+,9-,11-;6-,7+,8-/m0000000/s1. The average Bonchev–Trinajstić information content (AvgIpc) is 1.60. The number of allylic oxidation sites excluding steroid dienone is 2. The molecule has 0 aromatic carbocycles. The number of halogens is 8. The molecule has 11 saturated heterocycles. The maximum Gasteiger partial charge on any atom is 0.305 e. The van der Waals surface area contributed by atoms with E-state index in [2.05, 4.69) is 6.92 Å². The Hall–Kier alpha value is -5.56. The molecule has 0 aliphatic carbocycles. The molecule has 0 spiro atoms. The first kappa shape index (κ1) is 104. The van der Waals surface area contributed by atoms with E-state index >= 15 is 0 Å². The number of rotatable bonds is 19. The molecule has 0 saturated carbocycles. The van der Waals surface area contributed by atoms with Gasteiger partial charge in [-0.3, -0.25) is 43.4 Å². The van der Waals surface area contributed by atoms with Crippen LogP contribution in [0.2, 0.25) is 0 Å². The summed E-state index contributed by atoms with van der Waals surface area (Å²) in [5.41, 5.74) is -9.85. The minimum atomic E-state index is -3.27. The van der Waals surface area contributed by atoms with E-state index in [9.17, 15) is 99.0 Å². The lowest BCUT2D eigenvalue weighted by molar-refractivity contribution is -0.256. The van der Waals surface area contributed by atoms with Crippen molar-refractivity contribution < 1.29 is 189 Å². The van der Waals surface area contributed by atoms with Crippen LogP contribution >= 0.6 is 0 Å². The fourth-order valence-electron chi connectivity index (χ4n) is 17.3. The number of fused-ring (bicyclic) bond motifs is 4. The highest BCUT2D eigenvalue weighted by molar-refractivity contribution is 6.07. The van der Waals surface area contributed by atoms with Crippen molar-refractivity contribution >= 4 is 47.6 Å². The van der Waals surface area contributed by atoms with E-state index in [-0.39, 0.29) is 99.6 Å². The molecule has 0 bridgehead atoms. The van der Waals surface area contributed by atoms with Gasteiger partial charge in [-0.1, -0.05) is 76.2 Å². The van der Waals surface area contributed by atoms with Crippen molar-refractivity contribution in [2.45, 2.75) is 378 Å². The van der Waals surface area contributed by atoms with Gasteiger partial charge >= 0.3 is 17.9 Å². The van der Waals surface area contributed by atoms with Gasteiger partial charge in [0.2, 0.25) is 18.1 Å². The van der Waals surface area contributed by atoms with Crippen molar-refractivity contribution in [2.24, 2.45) is 35.5 Å². The molecule has 706 valence electrons. The molecule has 0 radical (unpaired) electrons. The van der Waals surface area contributed by atoms with Gasteiger partial charge in [-0.25, -0.2) is 35.1 Å². The molecular formula is C81H124F8N2O32. The van der Waals surface area contributed by atoms with Gasteiger partial charge in [-0.2, -0.15) is 0 Å². The fourth-order valence-corrected chi connectivity index (χ4v) is 17.3.